The first kappa shape index (κ1) is 18.1. The van der Waals surface area contributed by atoms with Gasteiger partial charge >= 0.3 is 0 Å². The van der Waals surface area contributed by atoms with Crippen LogP contribution in [0.25, 0.3) is 0 Å². The van der Waals surface area contributed by atoms with Crippen LogP contribution in [0, 0.1) is 5.21 Å². The molecule has 1 aliphatic rings. The Hall–Kier alpha value is -1.28. The van der Waals surface area contributed by atoms with Crippen LogP contribution in [0.1, 0.15) is 26.7 Å². The number of hydrogen-bond donors (Lipinski definition) is 0. The third-order valence-corrected chi connectivity index (χ3v) is 6.84. The van der Waals surface area contributed by atoms with Crippen LogP contribution in [0.3, 0.4) is 0 Å². The molecule has 2 rings (SSSR count). The normalized spacial score (nSPS) is 21.0. The lowest BCUT2D eigenvalue weighted by Gasteiger charge is -2.33. The van der Waals surface area contributed by atoms with E-state index in [0.29, 0.717) is 11.4 Å². The molecule has 1 aromatic heterocycles. The average molecular weight is 358 g/mol. The van der Waals surface area contributed by atoms with E-state index in [0.717, 1.165) is 11.2 Å². The number of amides is 1. The molecule has 2 heterocycles. The van der Waals surface area contributed by atoms with Crippen LogP contribution in [0.4, 0.5) is 0 Å². The topological polar surface area (TPSA) is 81.4 Å². The smallest absolute Gasteiger partial charge is 0.251 e. The van der Waals surface area contributed by atoms with E-state index in [9.17, 15) is 18.4 Å². The van der Waals surface area contributed by atoms with E-state index in [1.807, 2.05) is 13.8 Å². The van der Waals surface area contributed by atoms with Gasteiger partial charge in [0.2, 0.25) is 5.91 Å². The summed E-state index contributed by atoms with van der Waals surface area (Å²) >= 11 is 1.18. The van der Waals surface area contributed by atoms with Gasteiger partial charge in [0, 0.05) is 24.2 Å². The molecule has 1 amide bonds. The highest BCUT2D eigenvalue weighted by Crippen LogP contribution is 2.23. The lowest BCUT2D eigenvalue weighted by atomic mass is 10.1. The Bertz CT molecular complexity index is 663. The number of nitrogens with zero attached hydrogens (tertiary/aromatic N) is 2. The second kappa shape index (κ2) is 7.53. The fourth-order valence-electron chi connectivity index (χ4n) is 2.74. The molecular formula is C15H22N2O4S2. The van der Waals surface area contributed by atoms with Crippen molar-refractivity contribution in [2.45, 2.75) is 43.8 Å². The van der Waals surface area contributed by atoms with E-state index in [-0.39, 0.29) is 35.2 Å². The Balaban J connectivity index is 2.07. The van der Waals surface area contributed by atoms with Gasteiger partial charge in [0.1, 0.15) is 0 Å². The molecule has 23 heavy (non-hydrogen) atoms. The van der Waals surface area contributed by atoms with Crippen LogP contribution in [-0.2, 0) is 14.6 Å². The molecule has 0 spiro atoms. The second-order valence-corrected chi connectivity index (χ2v) is 8.99. The summed E-state index contributed by atoms with van der Waals surface area (Å²) in [5.74, 6) is 0.202. The molecular weight excluding hydrogens is 336 g/mol. The van der Waals surface area contributed by atoms with Gasteiger partial charge in [-0.05, 0) is 37.6 Å². The highest BCUT2D eigenvalue weighted by Gasteiger charge is 2.36. The van der Waals surface area contributed by atoms with Crippen molar-refractivity contribution in [3.8, 4) is 0 Å². The highest BCUT2D eigenvalue weighted by atomic mass is 32.2. The number of carbonyl (C=O) groups is 1. The lowest BCUT2D eigenvalue weighted by molar-refractivity contribution is -0.645. The minimum atomic E-state index is -3.04. The maximum absolute atomic E-state index is 12.6. The third-order valence-electron chi connectivity index (χ3n) is 4.09. The first-order valence-corrected chi connectivity index (χ1v) is 10.5. The Morgan fingerprint density at radius 3 is 2.83 bits per heavy atom. The second-order valence-electron chi connectivity index (χ2n) is 5.77. The van der Waals surface area contributed by atoms with Gasteiger partial charge in [0.25, 0.3) is 5.03 Å². The number of sulfone groups is 1. The van der Waals surface area contributed by atoms with Crippen LogP contribution in [-0.4, -0.2) is 48.6 Å². The van der Waals surface area contributed by atoms with Gasteiger partial charge in [-0.25, -0.2) is 8.42 Å². The molecule has 1 aromatic rings. The fourth-order valence-corrected chi connectivity index (χ4v) is 5.23. The fraction of sp³-hybridized carbons (Fsp3) is 0.600. The summed E-state index contributed by atoms with van der Waals surface area (Å²) in [5.41, 5.74) is 0. The van der Waals surface area contributed by atoms with Crippen molar-refractivity contribution in [1.82, 2.24) is 4.90 Å². The van der Waals surface area contributed by atoms with Gasteiger partial charge in [-0.2, -0.15) is 4.73 Å². The SMILES string of the molecule is CC[C@@H](C)N(C(=O)CSc1cccc[n+]1[O-])[C@H]1CCS(=O)(=O)C1. The molecule has 6 nitrogen and oxygen atoms in total. The molecule has 0 saturated carbocycles. The zero-order valence-corrected chi connectivity index (χ0v) is 15.0. The molecule has 128 valence electrons. The Morgan fingerprint density at radius 2 is 2.26 bits per heavy atom. The van der Waals surface area contributed by atoms with Crippen LogP contribution in [0.2, 0.25) is 0 Å². The summed E-state index contributed by atoms with van der Waals surface area (Å²) in [6.07, 6.45) is 2.65. The quantitative estimate of drug-likeness (QED) is 0.434. The summed E-state index contributed by atoms with van der Waals surface area (Å²) in [4.78, 5) is 14.3. The molecule has 0 aliphatic carbocycles. The van der Waals surface area contributed by atoms with E-state index < -0.39 is 9.84 Å². The van der Waals surface area contributed by atoms with Gasteiger partial charge in [-0.1, -0.05) is 6.92 Å². The Kier molecular flexibility index (Phi) is 5.91. The van der Waals surface area contributed by atoms with E-state index in [1.54, 1.807) is 23.1 Å². The maximum atomic E-state index is 12.6. The van der Waals surface area contributed by atoms with E-state index in [1.165, 1.54) is 18.0 Å². The van der Waals surface area contributed by atoms with Crippen LogP contribution < -0.4 is 4.73 Å². The predicted octanol–water partition coefficient (Wildman–Crippen LogP) is 1.23. The summed E-state index contributed by atoms with van der Waals surface area (Å²) in [6, 6.07) is 4.78. The largest absolute Gasteiger partial charge is 0.618 e. The standard InChI is InChI=1S/C15H22N2O4S2/c1-3-12(2)17(13-7-9-23(20,21)11-13)14(18)10-22-15-6-4-5-8-16(15)19/h4-6,8,12-13H,3,7,9-11H2,1-2H3/t12-,13+/m1/s1. The van der Waals surface area contributed by atoms with Gasteiger partial charge in [-0.15, -0.1) is 0 Å². The van der Waals surface area contributed by atoms with Crippen molar-refractivity contribution < 1.29 is 17.9 Å². The number of thioether (sulfide) groups is 1. The van der Waals surface area contributed by atoms with Crippen molar-refractivity contribution in [3.63, 3.8) is 0 Å². The zero-order chi connectivity index (χ0) is 17.0. The number of hydrogen-bond acceptors (Lipinski definition) is 5. The number of rotatable bonds is 6. The van der Waals surface area contributed by atoms with Crippen LogP contribution in [0.5, 0.6) is 0 Å². The molecule has 0 unspecified atom stereocenters. The highest BCUT2D eigenvalue weighted by molar-refractivity contribution is 7.99. The first-order valence-electron chi connectivity index (χ1n) is 7.66. The molecule has 8 heteroatoms. The summed E-state index contributed by atoms with van der Waals surface area (Å²) in [5, 5.41) is 12.1. The monoisotopic (exact) mass is 358 g/mol. The van der Waals surface area contributed by atoms with Crippen LogP contribution in [0.15, 0.2) is 29.4 Å². The first-order chi connectivity index (χ1) is 10.8. The van der Waals surface area contributed by atoms with Crippen molar-refractivity contribution in [2.24, 2.45) is 0 Å². The van der Waals surface area contributed by atoms with Crippen LogP contribution >= 0.6 is 11.8 Å². The predicted molar refractivity (Wildman–Crippen MR) is 89.8 cm³/mol. The Labute approximate surface area is 141 Å². The number of aromatic nitrogens is 1. The number of carbonyl (C=O) groups excluding carboxylic acids is 1. The molecule has 1 saturated heterocycles. The van der Waals surface area contributed by atoms with E-state index >= 15 is 0 Å². The van der Waals surface area contributed by atoms with Crippen molar-refractivity contribution >= 4 is 27.5 Å². The van der Waals surface area contributed by atoms with Crippen molar-refractivity contribution in [3.05, 3.63) is 29.6 Å². The van der Waals surface area contributed by atoms with Gasteiger partial charge in [-0.3, -0.25) is 4.79 Å². The van der Waals surface area contributed by atoms with Gasteiger partial charge in [0.05, 0.1) is 17.3 Å². The molecule has 0 aromatic carbocycles. The summed E-state index contributed by atoms with van der Waals surface area (Å²) in [6.45, 7) is 3.91. The van der Waals surface area contributed by atoms with Crippen molar-refractivity contribution in [1.29, 1.82) is 0 Å². The van der Waals surface area contributed by atoms with E-state index in [2.05, 4.69) is 0 Å². The minimum Gasteiger partial charge on any atom is -0.618 e. The lowest BCUT2D eigenvalue weighted by Crippen LogP contribution is -2.47. The minimum absolute atomic E-state index is 0.0171. The molecule has 0 radical (unpaired) electrons. The van der Waals surface area contributed by atoms with Crippen molar-refractivity contribution in [2.75, 3.05) is 17.3 Å². The average Bonchev–Trinajstić information content (AvgIpc) is 2.86. The van der Waals surface area contributed by atoms with E-state index in [4.69, 9.17) is 0 Å². The molecule has 1 aliphatic heterocycles. The van der Waals surface area contributed by atoms with Gasteiger partial charge < -0.3 is 10.1 Å². The molecule has 0 bridgehead atoms. The summed E-state index contributed by atoms with van der Waals surface area (Å²) < 4.78 is 24.2. The molecule has 1 fully saturated rings. The third kappa shape index (κ3) is 4.60. The van der Waals surface area contributed by atoms with Gasteiger partial charge in [0.15, 0.2) is 16.0 Å². The molecule has 2 atom stereocenters. The molecule has 0 N–H and O–H groups in total. The number of pyridine rings is 1. The maximum Gasteiger partial charge on any atom is 0.251 e. The zero-order valence-electron chi connectivity index (χ0n) is 13.3. The Morgan fingerprint density at radius 1 is 1.52 bits per heavy atom. The summed E-state index contributed by atoms with van der Waals surface area (Å²) in [7, 11) is -3.04.